The highest BCUT2D eigenvalue weighted by Crippen LogP contribution is 2.32. The fraction of sp³-hybridized carbons (Fsp3) is 0. The molecule has 4 heteroatoms. The van der Waals surface area contributed by atoms with E-state index in [9.17, 15) is 0 Å². The summed E-state index contributed by atoms with van der Waals surface area (Å²) >= 11 is 6.97. The van der Waals surface area contributed by atoms with Crippen molar-refractivity contribution >= 4 is 45.1 Å². The molecule has 3 aromatic rings. The Hall–Kier alpha value is -1.36. The molecule has 0 aliphatic rings. The van der Waals surface area contributed by atoms with E-state index in [1.807, 2.05) is 24.3 Å². The predicted molar refractivity (Wildman–Crippen MR) is 99.7 cm³/mol. The molecule has 2 N–H and O–H groups in total. The van der Waals surface area contributed by atoms with Gasteiger partial charge < -0.3 is 5.73 Å². The second kappa shape index (κ2) is 7.27. The zero-order valence-electron chi connectivity index (χ0n) is 11.7. The van der Waals surface area contributed by atoms with Crippen LogP contribution in [0.5, 0.6) is 0 Å². The van der Waals surface area contributed by atoms with Crippen LogP contribution in [0.4, 0.5) is 5.69 Å². The third-order valence-electron chi connectivity index (χ3n) is 2.99. The summed E-state index contributed by atoms with van der Waals surface area (Å²) < 4.78 is 1.10. The normalized spacial score (nSPS) is 10.6. The maximum atomic E-state index is 5.71. The van der Waals surface area contributed by atoms with E-state index in [2.05, 4.69) is 64.5 Å². The van der Waals surface area contributed by atoms with Crippen LogP contribution in [0.1, 0.15) is 0 Å². The Bertz CT molecular complexity index is 671. The lowest BCUT2D eigenvalue weighted by Gasteiger charge is -2.05. The smallest absolute Gasteiger partial charge is 0.0314 e. The first kappa shape index (κ1) is 15.5. The summed E-state index contributed by atoms with van der Waals surface area (Å²) in [6.07, 6.45) is 0. The number of anilines is 1. The van der Waals surface area contributed by atoms with Crippen LogP contribution in [-0.2, 0) is 0 Å². The molecule has 22 heavy (non-hydrogen) atoms. The minimum atomic E-state index is 0.797. The van der Waals surface area contributed by atoms with Crippen molar-refractivity contribution in [2.24, 2.45) is 0 Å². The van der Waals surface area contributed by atoms with Crippen LogP contribution < -0.4 is 5.73 Å². The van der Waals surface area contributed by atoms with Gasteiger partial charge >= 0.3 is 0 Å². The van der Waals surface area contributed by atoms with Crippen molar-refractivity contribution in [2.45, 2.75) is 19.6 Å². The van der Waals surface area contributed by atoms with Gasteiger partial charge in [0, 0.05) is 29.7 Å². The van der Waals surface area contributed by atoms with Crippen molar-refractivity contribution in [3.05, 3.63) is 77.3 Å². The van der Waals surface area contributed by atoms with E-state index in [0.29, 0.717) is 0 Å². The van der Waals surface area contributed by atoms with Gasteiger partial charge in [-0.05, 0) is 72.8 Å². The van der Waals surface area contributed by atoms with Crippen LogP contribution >= 0.6 is 39.5 Å². The first-order valence-electron chi connectivity index (χ1n) is 6.76. The average Bonchev–Trinajstić information content (AvgIpc) is 2.54. The second-order valence-corrected chi connectivity index (χ2v) is 7.91. The molecule has 0 aromatic heterocycles. The highest BCUT2D eigenvalue weighted by molar-refractivity contribution is 9.10. The quantitative estimate of drug-likeness (QED) is 0.529. The van der Waals surface area contributed by atoms with Gasteiger partial charge in [-0.25, -0.2) is 0 Å². The number of hydrogen-bond acceptors (Lipinski definition) is 3. The van der Waals surface area contributed by atoms with E-state index in [-0.39, 0.29) is 0 Å². The zero-order chi connectivity index (χ0) is 15.4. The molecule has 0 radical (unpaired) electrons. The van der Waals surface area contributed by atoms with Crippen LogP contribution in [0.3, 0.4) is 0 Å². The summed E-state index contributed by atoms with van der Waals surface area (Å²) in [6, 6.07) is 24.9. The predicted octanol–water partition coefficient (Wildman–Crippen LogP) is 6.33. The fourth-order valence-electron chi connectivity index (χ4n) is 1.89. The molecule has 0 saturated carbocycles. The number of hydrogen-bond donors (Lipinski definition) is 1. The first-order valence-corrected chi connectivity index (χ1v) is 9.18. The molecule has 0 amide bonds. The molecule has 0 atom stereocenters. The largest absolute Gasteiger partial charge is 0.399 e. The van der Waals surface area contributed by atoms with Gasteiger partial charge in [-0.1, -0.05) is 39.5 Å². The monoisotopic (exact) mass is 387 g/mol. The second-order valence-electron chi connectivity index (χ2n) is 4.70. The molecule has 0 fully saturated rings. The number of halogens is 1. The summed E-state index contributed by atoms with van der Waals surface area (Å²) in [5, 5.41) is 0. The molecule has 0 aliphatic carbocycles. The lowest BCUT2D eigenvalue weighted by Crippen LogP contribution is -1.82. The van der Waals surface area contributed by atoms with Crippen molar-refractivity contribution in [3.63, 3.8) is 0 Å². The van der Waals surface area contributed by atoms with E-state index in [1.165, 1.54) is 19.6 Å². The lowest BCUT2D eigenvalue weighted by atomic mass is 10.3. The van der Waals surface area contributed by atoms with Gasteiger partial charge in [0.25, 0.3) is 0 Å². The SMILES string of the molecule is Nc1ccc(Sc2ccc(Sc3ccc(Br)cc3)cc2)cc1. The molecular weight excluding hydrogens is 374 g/mol. The molecule has 0 bridgehead atoms. The molecule has 0 aliphatic heterocycles. The van der Waals surface area contributed by atoms with Gasteiger partial charge in [0.15, 0.2) is 0 Å². The number of benzene rings is 3. The molecule has 1 nitrogen and oxygen atoms in total. The van der Waals surface area contributed by atoms with E-state index in [4.69, 9.17) is 5.73 Å². The van der Waals surface area contributed by atoms with E-state index in [0.717, 1.165) is 10.2 Å². The van der Waals surface area contributed by atoms with Crippen LogP contribution in [-0.4, -0.2) is 0 Å². The number of rotatable bonds is 4. The van der Waals surface area contributed by atoms with Crippen molar-refractivity contribution in [1.82, 2.24) is 0 Å². The molecular formula is C18H14BrNS2. The summed E-state index contributed by atoms with van der Waals surface area (Å²) in [7, 11) is 0. The Morgan fingerprint density at radius 2 is 0.864 bits per heavy atom. The van der Waals surface area contributed by atoms with E-state index >= 15 is 0 Å². The molecule has 3 aromatic carbocycles. The van der Waals surface area contributed by atoms with Gasteiger partial charge in [-0.15, -0.1) is 0 Å². The summed E-state index contributed by atoms with van der Waals surface area (Å²) in [5.74, 6) is 0. The molecule has 3 rings (SSSR count). The number of nitrogen functional groups attached to an aromatic ring is 1. The van der Waals surface area contributed by atoms with Crippen LogP contribution in [0.25, 0.3) is 0 Å². The van der Waals surface area contributed by atoms with Gasteiger partial charge in [0.1, 0.15) is 0 Å². The molecule has 0 unspecified atom stereocenters. The summed E-state index contributed by atoms with van der Waals surface area (Å²) in [5.41, 5.74) is 6.50. The standard InChI is InChI=1S/C18H14BrNS2/c19-13-1-5-15(6-2-13)21-17-9-11-18(12-10-17)22-16-7-3-14(20)4-8-16/h1-12H,20H2. The first-order chi connectivity index (χ1) is 10.7. The highest BCUT2D eigenvalue weighted by atomic mass is 79.9. The van der Waals surface area contributed by atoms with Gasteiger partial charge in [0.05, 0.1) is 0 Å². The Kier molecular flexibility index (Phi) is 5.13. The minimum Gasteiger partial charge on any atom is -0.399 e. The zero-order valence-corrected chi connectivity index (χ0v) is 14.9. The van der Waals surface area contributed by atoms with Crippen LogP contribution in [0.2, 0.25) is 0 Å². The summed E-state index contributed by atoms with van der Waals surface area (Å²) in [4.78, 5) is 4.90. The molecule has 110 valence electrons. The van der Waals surface area contributed by atoms with Crippen molar-refractivity contribution in [2.75, 3.05) is 5.73 Å². The van der Waals surface area contributed by atoms with Crippen molar-refractivity contribution < 1.29 is 0 Å². The maximum absolute atomic E-state index is 5.71. The van der Waals surface area contributed by atoms with Crippen LogP contribution in [0, 0.1) is 0 Å². The van der Waals surface area contributed by atoms with E-state index in [1.54, 1.807) is 23.5 Å². The molecule has 0 saturated heterocycles. The Balaban J connectivity index is 1.67. The average molecular weight is 388 g/mol. The molecule has 0 spiro atoms. The Morgan fingerprint density at radius 3 is 1.27 bits per heavy atom. The Morgan fingerprint density at radius 1 is 0.545 bits per heavy atom. The fourth-order valence-corrected chi connectivity index (χ4v) is 3.78. The van der Waals surface area contributed by atoms with Crippen molar-refractivity contribution in [3.8, 4) is 0 Å². The topological polar surface area (TPSA) is 26.0 Å². The highest BCUT2D eigenvalue weighted by Gasteiger charge is 2.00. The third-order valence-corrected chi connectivity index (χ3v) is 5.55. The van der Waals surface area contributed by atoms with Gasteiger partial charge in [-0.3, -0.25) is 0 Å². The summed E-state index contributed by atoms with van der Waals surface area (Å²) in [6.45, 7) is 0. The van der Waals surface area contributed by atoms with Crippen molar-refractivity contribution in [1.29, 1.82) is 0 Å². The van der Waals surface area contributed by atoms with Gasteiger partial charge in [-0.2, -0.15) is 0 Å². The maximum Gasteiger partial charge on any atom is 0.0314 e. The van der Waals surface area contributed by atoms with Crippen LogP contribution in [0.15, 0.2) is 96.9 Å². The Labute approximate surface area is 147 Å². The number of nitrogens with two attached hydrogens (primary N) is 1. The molecule has 0 heterocycles. The van der Waals surface area contributed by atoms with E-state index < -0.39 is 0 Å². The van der Waals surface area contributed by atoms with Gasteiger partial charge in [0.2, 0.25) is 0 Å². The third kappa shape index (κ3) is 4.32. The lowest BCUT2D eigenvalue weighted by molar-refractivity contribution is 1.33. The minimum absolute atomic E-state index is 0.797.